The highest BCUT2D eigenvalue weighted by Crippen LogP contribution is 2.22. The van der Waals surface area contributed by atoms with Crippen LogP contribution in [0.5, 0.6) is 0 Å². The van der Waals surface area contributed by atoms with E-state index in [2.05, 4.69) is 0 Å². The van der Waals surface area contributed by atoms with E-state index < -0.39 is 5.97 Å². The zero-order chi connectivity index (χ0) is 16.2. The molecule has 1 aromatic rings. The standard InChI is InChI=1S/C17H23NO3/c1-6-17(3,4)18(5)16(21)14-9-7-8-13(12(14)2)10-11-15(19)20/h7-11H,6H2,1-5H3,(H,19,20). The van der Waals surface area contributed by atoms with Gasteiger partial charge in [-0.3, -0.25) is 4.79 Å². The maximum absolute atomic E-state index is 12.6. The number of aliphatic carboxylic acids is 1. The average molecular weight is 289 g/mol. The van der Waals surface area contributed by atoms with E-state index >= 15 is 0 Å². The number of benzene rings is 1. The van der Waals surface area contributed by atoms with Crippen LogP contribution in [0.3, 0.4) is 0 Å². The predicted octanol–water partition coefficient (Wildman–Crippen LogP) is 3.35. The summed E-state index contributed by atoms with van der Waals surface area (Å²) >= 11 is 0. The number of carbonyl (C=O) groups is 2. The Hall–Kier alpha value is -2.10. The molecule has 0 unspecified atom stereocenters. The van der Waals surface area contributed by atoms with Gasteiger partial charge in [0.2, 0.25) is 0 Å². The molecule has 4 nitrogen and oxygen atoms in total. The fourth-order valence-corrected chi connectivity index (χ4v) is 1.92. The monoisotopic (exact) mass is 289 g/mol. The third-order valence-electron chi connectivity index (χ3n) is 4.09. The summed E-state index contributed by atoms with van der Waals surface area (Å²) in [6.07, 6.45) is 3.45. The minimum atomic E-state index is -1.00. The first-order chi connectivity index (χ1) is 9.70. The fourth-order valence-electron chi connectivity index (χ4n) is 1.92. The van der Waals surface area contributed by atoms with Crippen LogP contribution in [0, 0.1) is 6.92 Å². The summed E-state index contributed by atoms with van der Waals surface area (Å²) in [4.78, 5) is 25.0. The summed E-state index contributed by atoms with van der Waals surface area (Å²) in [6.45, 7) is 7.92. The van der Waals surface area contributed by atoms with Crippen molar-refractivity contribution < 1.29 is 14.7 Å². The van der Waals surface area contributed by atoms with Crippen LogP contribution < -0.4 is 0 Å². The number of carboxylic acids is 1. The average Bonchev–Trinajstić information content (AvgIpc) is 2.44. The summed E-state index contributed by atoms with van der Waals surface area (Å²) in [7, 11) is 1.80. The normalized spacial score (nSPS) is 11.7. The van der Waals surface area contributed by atoms with E-state index in [1.165, 1.54) is 6.08 Å². The van der Waals surface area contributed by atoms with Gasteiger partial charge in [0.1, 0.15) is 0 Å². The van der Waals surface area contributed by atoms with E-state index in [4.69, 9.17) is 5.11 Å². The molecule has 0 aliphatic carbocycles. The van der Waals surface area contributed by atoms with Gasteiger partial charge in [0.05, 0.1) is 0 Å². The first-order valence-electron chi connectivity index (χ1n) is 6.99. The number of amides is 1. The number of carbonyl (C=O) groups excluding carboxylic acids is 1. The molecular weight excluding hydrogens is 266 g/mol. The third kappa shape index (κ3) is 3.94. The van der Waals surface area contributed by atoms with Crippen molar-refractivity contribution >= 4 is 18.0 Å². The van der Waals surface area contributed by atoms with Gasteiger partial charge in [-0.2, -0.15) is 0 Å². The lowest BCUT2D eigenvalue weighted by atomic mass is 9.96. The molecule has 21 heavy (non-hydrogen) atoms. The van der Waals surface area contributed by atoms with E-state index in [9.17, 15) is 9.59 Å². The summed E-state index contributed by atoms with van der Waals surface area (Å²) < 4.78 is 0. The lowest BCUT2D eigenvalue weighted by molar-refractivity contribution is -0.131. The predicted molar refractivity (Wildman–Crippen MR) is 84.3 cm³/mol. The Morgan fingerprint density at radius 3 is 2.48 bits per heavy atom. The minimum Gasteiger partial charge on any atom is -0.478 e. The Balaban J connectivity index is 3.18. The lowest BCUT2D eigenvalue weighted by Gasteiger charge is -2.35. The molecule has 1 N–H and O–H groups in total. The topological polar surface area (TPSA) is 57.6 Å². The number of nitrogens with zero attached hydrogens (tertiary/aromatic N) is 1. The summed E-state index contributed by atoms with van der Waals surface area (Å²) in [5, 5.41) is 8.71. The molecule has 0 bridgehead atoms. The first-order valence-corrected chi connectivity index (χ1v) is 6.99. The van der Waals surface area contributed by atoms with Crippen LogP contribution in [0.15, 0.2) is 24.3 Å². The highest BCUT2D eigenvalue weighted by atomic mass is 16.4. The van der Waals surface area contributed by atoms with E-state index in [1.807, 2.05) is 27.7 Å². The SMILES string of the molecule is CCC(C)(C)N(C)C(=O)c1cccc(C=CC(=O)O)c1C. The van der Waals surface area contributed by atoms with E-state index in [0.717, 1.165) is 23.6 Å². The molecule has 0 spiro atoms. The molecule has 0 atom stereocenters. The van der Waals surface area contributed by atoms with Crippen molar-refractivity contribution in [2.45, 2.75) is 39.7 Å². The van der Waals surface area contributed by atoms with Crippen LogP contribution in [-0.2, 0) is 4.79 Å². The van der Waals surface area contributed by atoms with Crippen LogP contribution in [0.4, 0.5) is 0 Å². The first kappa shape index (κ1) is 17.0. The molecular formula is C17H23NO3. The Kier molecular flexibility index (Phi) is 5.30. The van der Waals surface area contributed by atoms with Gasteiger partial charge in [0.15, 0.2) is 0 Å². The molecule has 0 saturated heterocycles. The Bertz CT molecular complexity index is 573. The maximum atomic E-state index is 12.6. The molecule has 4 heteroatoms. The quantitative estimate of drug-likeness (QED) is 0.846. The smallest absolute Gasteiger partial charge is 0.328 e. The van der Waals surface area contributed by atoms with Crippen LogP contribution >= 0.6 is 0 Å². The molecule has 0 fully saturated rings. The van der Waals surface area contributed by atoms with Crippen molar-refractivity contribution in [1.29, 1.82) is 0 Å². The van der Waals surface area contributed by atoms with Crippen LogP contribution in [-0.4, -0.2) is 34.5 Å². The van der Waals surface area contributed by atoms with Gasteiger partial charge in [-0.05, 0) is 50.5 Å². The van der Waals surface area contributed by atoms with Crippen molar-refractivity contribution in [2.24, 2.45) is 0 Å². The van der Waals surface area contributed by atoms with Crippen molar-refractivity contribution in [2.75, 3.05) is 7.05 Å². The molecule has 1 amide bonds. The second kappa shape index (κ2) is 6.57. The molecule has 0 aromatic heterocycles. The van der Waals surface area contributed by atoms with Gasteiger partial charge < -0.3 is 10.0 Å². The van der Waals surface area contributed by atoms with E-state index in [0.29, 0.717) is 5.56 Å². The van der Waals surface area contributed by atoms with Gasteiger partial charge in [-0.15, -0.1) is 0 Å². The van der Waals surface area contributed by atoms with Crippen LogP contribution in [0.1, 0.15) is 48.7 Å². The Morgan fingerprint density at radius 1 is 1.33 bits per heavy atom. The summed E-state index contributed by atoms with van der Waals surface area (Å²) in [5.74, 6) is -1.06. The van der Waals surface area contributed by atoms with Crippen LogP contribution in [0.25, 0.3) is 6.08 Å². The van der Waals surface area contributed by atoms with Crippen LogP contribution in [0.2, 0.25) is 0 Å². The van der Waals surface area contributed by atoms with Crippen molar-refractivity contribution in [3.63, 3.8) is 0 Å². The Morgan fingerprint density at radius 2 is 1.95 bits per heavy atom. The maximum Gasteiger partial charge on any atom is 0.328 e. The number of carboxylic acid groups (broad SMARTS) is 1. The summed E-state index contributed by atoms with van der Waals surface area (Å²) in [5.41, 5.74) is 1.91. The molecule has 1 rings (SSSR count). The largest absolute Gasteiger partial charge is 0.478 e. The van der Waals surface area contributed by atoms with Gasteiger partial charge >= 0.3 is 5.97 Å². The highest BCUT2D eigenvalue weighted by molar-refractivity contribution is 5.97. The van der Waals surface area contributed by atoms with Crippen molar-refractivity contribution in [1.82, 2.24) is 4.90 Å². The number of hydrogen-bond donors (Lipinski definition) is 1. The molecule has 0 aliphatic heterocycles. The zero-order valence-electron chi connectivity index (χ0n) is 13.3. The zero-order valence-corrected chi connectivity index (χ0v) is 13.3. The molecule has 0 saturated carbocycles. The van der Waals surface area contributed by atoms with Crippen molar-refractivity contribution in [3.8, 4) is 0 Å². The van der Waals surface area contributed by atoms with Crippen molar-refractivity contribution in [3.05, 3.63) is 41.0 Å². The van der Waals surface area contributed by atoms with Gasteiger partial charge in [0, 0.05) is 24.2 Å². The van der Waals surface area contributed by atoms with Gasteiger partial charge in [-0.1, -0.05) is 19.1 Å². The molecule has 114 valence electrons. The second-order valence-electron chi connectivity index (χ2n) is 5.72. The number of hydrogen-bond acceptors (Lipinski definition) is 2. The minimum absolute atomic E-state index is 0.0510. The van der Waals surface area contributed by atoms with E-state index in [1.54, 1.807) is 30.1 Å². The van der Waals surface area contributed by atoms with E-state index in [-0.39, 0.29) is 11.4 Å². The highest BCUT2D eigenvalue weighted by Gasteiger charge is 2.27. The van der Waals surface area contributed by atoms with Gasteiger partial charge in [-0.25, -0.2) is 4.79 Å². The molecule has 0 aliphatic rings. The fraction of sp³-hybridized carbons (Fsp3) is 0.412. The molecule has 1 aromatic carbocycles. The lowest BCUT2D eigenvalue weighted by Crippen LogP contribution is -2.44. The molecule has 0 radical (unpaired) electrons. The third-order valence-corrected chi connectivity index (χ3v) is 4.09. The number of rotatable bonds is 5. The molecule has 0 heterocycles. The second-order valence-corrected chi connectivity index (χ2v) is 5.72. The summed E-state index contributed by atoms with van der Waals surface area (Å²) in [6, 6.07) is 5.35. The Labute approximate surface area is 126 Å². The van der Waals surface area contributed by atoms with Gasteiger partial charge in [0.25, 0.3) is 5.91 Å².